The SMILES string of the molecule is CC(=O)c1cccc(NC(=O)CCC(=O)OCC(=O)NNC(=O)c2ccc(Br)cc2)c1. The lowest BCUT2D eigenvalue weighted by molar-refractivity contribution is -0.149. The van der Waals surface area contributed by atoms with Gasteiger partial charge in [-0.3, -0.25) is 34.8 Å². The van der Waals surface area contributed by atoms with Crippen LogP contribution >= 0.6 is 15.9 Å². The number of hydrazine groups is 1. The first-order chi connectivity index (χ1) is 14.7. The number of amides is 3. The Morgan fingerprint density at radius 2 is 1.58 bits per heavy atom. The molecular formula is C21H20BrN3O6. The third-order valence-electron chi connectivity index (χ3n) is 3.90. The zero-order valence-electron chi connectivity index (χ0n) is 16.6. The van der Waals surface area contributed by atoms with Crippen molar-refractivity contribution in [1.29, 1.82) is 0 Å². The topological polar surface area (TPSA) is 131 Å². The van der Waals surface area contributed by atoms with Crippen LogP contribution in [0, 0.1) is 0 Å². The van der Waals surface area contributed by atoms with E-state index in [1.807, 2.05) is 0 Å². The molecule has 0 atom stereocenters. The number of hydrogen-bond acceptors (Lipinski definition) is 6. The molecule has 31 heavy (non-hydrogen) atoms. The second kappa shape index (κ2) is 11.6. The lowest BCUT2D eigenvalue weighted by atomic mass is 10.1. The van der Waals surface area contributed by atoms with Crippen molar-refractivity contribution in [2.24, 2.45) is 0 Å². The van der Waals surface area contributed by atoms with E-state index < -0.39 is 30.3 Å². The van der Waals surface area contributed by atoms with Crippen LogP contribution in [0.1, 0.15) is 40.5 Å². The van der Waals surface area contributed by atoms with Crippen LogP contribution in [0.25, 0.3) is 0 Å². The van der Waals surface area contributed by atoms with Crippen molar-refractivity contribution in [3.63, 3.8) is 0 Å². The minimum absolute atomic E-state index is 0.133. The number of nitrogens with one attached hydrogen (secondary N) is 3. The summed E-state index contributed by atoms with van der Waals surface area (Å²) in [5.41, 5.74) is 5.55. The van der Waals surface area contributed by atoms with Crippen molar-refractivity contribution in [2.75, 3.05) is 11.9 Å². The smallest absolute Gasteiger partial charge is 0.306 e. The molecule has 0 fully saturated rings. The number of carbonyl (C=O) groups is 5. The van der Waals surface area contributed by atoms with Crippen molar-refractivity contribution < 1.29 is 28.7 Å². The average Bonchev–Trinajstić information content (AvgIpc) is 2.75. The van der Waals surface area contributed by atoms with Crippen LogP contribution in [0.15, 0.2) is 53.0 Å². The summed E-state index contributed by atoms with van der Waals surface area (Å²) in [6.45, 7) is 0.807. The van der Waals surface area contributed by atoms with Gasteiger partial charge >= 0.3 is 5.97 Å². The minimum atomic E-state index is -0.748. The number of Topliss-reactive ketones (excluding diaryl/α,β-unsaturated/α-hetero) is 1. The van der Waals surface area contributed by atoms with Crippen LogP contribution in [0.2, 0.25) is 0 Å². The van der Waals surface area contributed by atoms with Gasteiger partial charge in [-0.05, 0) is 43.3 Å². The second-order valence-corrected chi connectivity index (χ2v) is 7.27. The molecule has 162 valence electrons. The van der Waals surface area contributed by atoms with Gasteiger partial charge in [-0.15, -0.1) is 0 Å². The van der Waals surface area contributed by atoms with Crippen molar-refractivity contribution in [3.8, 4) is 0 Å². The van der Waals surface area contributed by atoms with Gasteiger partial charge in [-0.1, -0.05) is 28.1 Å². The molecule has 0 bridgehead atoms. The maximum atomic E-state index is 11.9. The number of benzene rings is 2. The summed E-state index contributed by atoms with van der Waals surface area (Å²) >= 11 is 3.25. The third kappa shape index (κ3) is 8.39. The van der Waals surface area contributed by atoms with Crippen LogP contribution in [-0.2, 0) is 19.1 Å². The van der Waals surface area contributed by atoms with Gasteiger partial charge < -0.3 is 10.1 Å². The minimum Gasteiger partial charge on any atom is -0.455 e. The normalized spacial score (nSPS) is 10.0. The molecule has 9 nitrogen and oxygen atoms in total. The second-order valence-electron chi connectivity index (χ2n) is 6.36. The molecule has 0 spiro atoms. The number of halogens is 1. The van der Waals surface area contributed by atoms with E-state index in [0.717, 1.165) is 4.47 Å². The number of esters is 1. The molecule has 0 heterocycles. The Morgan fingerprint density at radius 3 is 2.26 bits per heavy atom. The molecule has 2 aromatic rings. The lowest BCUT2D eigenvalue weighted by Crippen LogP contribution is -2.43. The Balaban J connectivity index is 1.66. The van der Waals surface area contributed by atoms with E-state index in [4.69, 9.17) is 4.74 Å². The van der Waals surface area contributed by atoms with E-state index in [2.05, 4.69) is 32.1 Å². The first-order valence-electron chi connectivity index (χ1n) is 9.16. The maximum absolute atomic E-state index is 11.9. The molecular weight excluding hydrogens is 470 g/mol. The molecule has 0 aliphatic rings. The highest BCUT2D eigenvalue weighted by Gasteiger charge is 2.12. The highest BCUT2D eigenvalue weighted by Crippen LogP contribution is 2.12. The number of rotatable bonds is 8. The Hall–Kier alpha value is -3.53. The predicted octanol–water partition coefficient (Wildman–Crippen LogP) is 2.37. The summed E-state index contributed by atoms with van der Waals surface area (Å²) in [6, 6.07) is 12.9. The monoisotopic (exact) mass is 489 g/mol. The van der Waals surface area contributed by atoms with Gasteiger partial charge in [0.25, 0.3) is 11.8 Å². The van der Waals surface area contributed by atoms with E-state index in [1.165, 1.54) is 13.0 Å². The largest absolute Gasteiger partial charge is 0.455 e. The number of ketones is 1. The van der Waals surface area contributed by atoms with Crippen molar-refractivity contribution in [2.45, 2.75) is 19.8 Å². The Labute approximate surface area is 186 Å². The van der Waals surface area contributed by atoms with Gasteiger partial charge in [-0.25, -0.2) is 0 Å². The molecule has 0 saturated heterocycles. The van der Waals surface area contributed by atoms with Gasteiger partial charge in [-0.2, -0.15) is 0 Å². The van der Waals surface area contributed by atoms with Crippen molar-refractivity contribution in [3.05, 3.63) is 64.1 Å². The molecule has 10 heteroatoms. The molecule has 0 saturated carbocycles. The third-order valence-corrected chi connectivity index (χ3v) is 4.42. The van der Waals surface area contributed by atoms with Crippen LogP contribution in [0.3, 0.4) is 0 Å². The van der Waals surface area contributed by atoms with Crippen molar-refractivity contribution >= 4 is 51.1 Å². The molecule has 0 aromatic heterocycles. The van der Waals surface area contributed by atoms with Gasteiger partial charge in [0.1, 0.15) is 0 Å². The summed E-state index contributed by atoms with van der Waals surface area (Å²) in [4.78, 5) is 58.6. The van der Waals surface area contributed by atoms with Crippen LogP contribution in [-0.4, -0.2) is 36.1 Å². The predicted molar refractivity (Wildman–Crippen MR) is 115 cm³/mol. The number of anilines is 1. The average molecular weight is 490 g/mol. The summed E-state index contributed by atoms with van der Waals surface area (Å²) in [6.07, 6.45) is -0.401. The van der Waals surface area contributed by atoms with Crippen LogP contribution in [0.5, 0.6) is 0 Å². The van der Waals surface area contributed by atoms with Crippen LogP contribution < -0.4 is 16.2 Å². The van der Waals surface area contributed by atoms with Gasteiger partial charge in [0.05, 0.1) is 6.42 Å². The molecule has 0 radical (unpaired) electrons. The van der Waals surface area contributed by atoms with E-state index in [0.29, 0.717) is 16.8 Å². The van der Waals surface area contributed by atoms with Gasteiger partial charge in [0.15, 0.2) is 12.4 Å². The first-order valence-corrected chi connectivity index (χ1v) is 9.95. The van der Waals surface area contributed by atoms with E-state index in [9.17, 15) is 24.0 Å². The lowest BCUT2D eigenvalue weighted by Gasteiger charge is -2.09. The Morgan fingerprint density at radius 1 is 0.871 bits per heavy atom. The Kier molecular flexibility index (Phi) is 8.89. The van der Waals surface area contributed by atoms with E-state index in [1.54, 1.807) is 42.5 Å². The molecule has 3 amide bonds. The fourth-order valence-electron chi connectivity index (χ4n) is 2.31. The van der Waals surface area contributed by atoms with E-state index in [-0.39, 0.29) is 18.6 Å². The highest BCUT2D eigenvalue weighted by molar-refractivity contribution is 9.10. The highest BCUT2D eigenvalue weighted by atomic mass is 79.9. The molecule has 2 aromatic carbocycles. The quantitative estimate of drug-likeness (QED) is 0.296. The Bertz CT molecular complexity index is 991. The number of ether oxygens (including phenoxy) is 1. The zero-order chi connectivity index (χ0) is 22.8. The summed E-state index contributed by atoms with van der Waals surface area (Å²) in [5.74, 6) is -2.58. The standard InChI is InChI=1S/C21H20BrN3O6/c1-13(26)15-3-2-4-17(11-15)23-18(27)9-10-20(29)31-12-19(28)24-25-21(30)14-5-7-16(22)8-6-14/h2-8,11H,9-10,12H2,1H3,(H,23,27)(H,24,28)(H,25,30). The number of carbonyl (C=O) groups excluding carboxylic acids is 5. The number of hydrogen-bond donors (Lipinski definition) is 3. The maximum Gasteiger partial charge on any atom is 0.306 e. The summed E-state index contributed by atoms with van der Waals surface area (Å²) in [5, 5.41) is 2.58. The van der Waals surface area contributed by atoms with E-state index >= 15 is 0 Å². The fraction of sp³-hybridized carbons (Fsp3) is 0.190. The first kappa shape index (κ1) is 23.7. The van der Waals surface area contributed by atoms with Crippen molar-refractivity contribution in [1.82, 2.24) is 10.9 Å². The van der Waals surface area contributed by atoms with Gasteiger partial charge in [0.2, 0.25) is 5.91 Å². The zero-order valence-corrected chi connectivity index (χ0v) is 18.2. The molecule has 0 aliphatic heterocycles. The summed E-state index contributed by atoms with van der Waals surface area (Å²) in [7, 11) is 0. The summed E-state index contributed by atoms with van der Waals surface area (Å²) < 4.78 is 5.58. The molecule has 2 rings (SSSR count). The van der Waals surface area contributed by atoms with Crippen LogP contribution in [0.4, 0.5) is 5.69 Å². The molecule has 3 N–H and O–H groups in total. The molecule has 0 unspecified atom stereocenters. The fourth-order valence-corrected chi connectivity index (χ4v) is 2.57. The van der Waals surface area contributed by atoms with Gasteiger partial charge in [0, 0.05) is 27.7 Å². The molecule has 0 aliphatic carbocycles.